The number of ether oxygens (including phenoxy) is 1. The highest BCUT2D eigenvalue weighted by Crippen LogP contribution is 2.34. The highest BCUT2D eigenvalue weighted by molar-refractivity contribution is 5.96. The van der Waals surface area contributed by atoms with Crippen molar-refractivity contribution in [3.63, 3.8) is 0 Å². The zero-order valence-electron chi connectivity index (χ0n) is 12.6. The number of benzene rings is 1. The first-order chi connectivity index (χ1) is 9.86. The lowest BCUT2D eigenvalue weighted by molar-refractivity contribution is 0.0692. The predicted octanol–water partition coefficient (Wildman–Crippen LogP) is 3.48. The quantitative estimate of drug-likeness (QED) is 0.932. The number of methoxy groups -OCH3 is 1. The van der Waals surface area contributed by atoms with E-state index in [0.717, 1.165) is 11.1 Å². The molecule has 5 heteroatoms. The summed E-state index contributed by atoms with van der Waals surface area (Å²) in [6.07, 6.45) is 0. The van der Waals surface area contributed by atoms with Crippen molar-refractivity contribution in [2.75, 3.05) is 7.11 Å². The van der Waals surface area contributed by atoms with E-state index in [1.54, 1.807) is 7.11 Å². The summed E-state index contributed by atoms with van der Waals surface area (Å²) in [5, 5.41) is 13.6. The first kappa shape index (κ1) is 15.3. The van der Waals surface area contributed by atoms with Crippen LogP contribution in [0.3, 0.4) is 0 Å². The number of hydrogen-bond donors (Lipinski definition) is 1. The summed E-state index contributed by atoms with van der Waals surface area (Å²) in [4.78, 5) is 11.7. The maximum Gasteiger partial charge on any atom is 0.341 e. The number of carbonyl (C=O) groups is 1. The second-order valence-corrected chi connectivity index (χ2v) is 5.88. The summed E-state index contributed by atoms with van der Waals surface area (Å²) < 4.78 is 10.5. The molecule has 0 unspecified atom stereocenters. The van der Waals surface area contributed by atoms with Gasteiger partial charge in [-0.05, 0) is 5.56 Å². The lowest BCUT2D eigenvalue weighted by Gasteiger charge is -2.14. The van der Waals surface area contributed by atoms with Crippen molar-refractivity contribution in [2.24, 2.45) is 0 Å². The molecular weight excluding hydrogens is 270 g/mol. The molecular formula is C16H19NO4. The van der Waals surface area contributed by atoms with Crippen molar-refractivity contribution >= 4 is 5.97 Å². The SMILES string of the molecule is COCc1ccccc1-c1noc(C(C)(C)C)c1C(=O)O. The van der Waals surface area contributed by atoms with Gasteiger partial charge in [0, 0.05) is 18.1 Å². The van der Waals surface area contributed by atoms with Crippen LogP contribution in [0.2, 0.25) is 0 Å². The third-order valence-electron chi connectivity index (χ3n) is 3.16. The fraction of sp³-hybridized carbons (Fsp3) is 0.375. The number of hydrogen-bond acceptors (Lipinski definition) is 4. The Morgan fingerprint density at radius 1 is 1.33 bits per heavy atom. The third-order valence-corrected chi connectivity index (χ3v) is 3.16. The molecule has 0 saturated heterocycles. The summed E-state index contributed by atoms with van der Waals surface area (Å²) in [5.41, 5.74) is 1.62. The summed E-state index contributed by atoms with van der Waals surface area (Å²) in [7, 11) is 1.60. The van der Waals surface area contributed by atoms with Gasteiger partial charge in [-0.1, -0.05) is 50.2 Å². The van der Waals surface area contributed by atoms with Crippen LogP contribution in [-0.2, 0) is 16.8 Å². The fourth-order valence-corrected chi connectivity index (χ4v) is 2.22. The van der Waals surface area contributed by atoms with Gasteiger partial charge in [-0.25, -0.2) is 4.79 Å². The van der Waals surface area contributed by atoms with Gasteiger partial charge in [0.1, 0.15) is 11.3 Å². The maximum absolute atomic E-state index is 11.7. The van der Waals surface area contributed by atoms with E-state index in [4.69, 9.17) is 9.26 Å². The van der Waals surface area contributed by atoms with Gasteiger partial charge in [-0.3, -0.25) is 0 Å². The minimum atomic E-state index is -1.04. The Kier molecular flexibility index (Phi) is 4.14. The maximum atomic E-state index is 11.7. The lowest BCUT2D eigenvalue weighted by Crippen LogP contribution is -2.15. The molecule has 0 fully saturated rings. The molecule has 0 amide bonds. The molecule has 0 spiro atoms. The van der Waals surface area contributed by atoms with Crippen molar-refractivity contribution in [1.29, 1.82) is 0 Å². The predicted molar refractivity (Wildman–Crippen MR) is 78.3 cm³/mol. The Hall–Kier alpha value is -2.14. The molecule has 0 aliphatic rings. The molecule has 1 heterocycles. The average molecular weight is 289 g/mol. The molecule has 112 valence electrons. The summed E-state index contributed by atoms with van der Waals surface area (Å²) in [6, 6.07) is 7.43. The van der Waals surface area contributed by atoms with Gasteiger partial charge >= 0.3 is 5.97 Å². The van der Waals surface area contributed by atoms with E-state index in [2.05, 4.69) is 5.16 Å². The smallest absolute Gasteiger partial charge is 0.341 e. The first-order valence-electron chi connectivity index (χ1n) is 6.67. The fourth-order valence-electron chi connectivity index (χ4n) is 2.22. The normalized spacial score (nSPS) is 11.6. The van der Waals surface area contributed by atoms with Crippen LogP contribution in [0.1, 0.15) is 42.5 Å². The Morgan fingerprint density at radius 2 is 2.00 bits per heavy atom. The molecule has 0 atom stereocenters. The second kappa shape index (κ2) is 5.69. The number of aromatic nitrogens is 1. The van der Waals surface area contributed by atoms with Crippen LogP contribution in [-0.4, -0.2) is 23.3 Å². The van der Waals surface area contributed by atoms with Crippen molar-refractivity contribution < 1.29 is 19.2 Å². The van der Waals surface area contributed by atoms with E-state index in [1.807, 2.05) is 45.0 Å². The number of carboxylic acid groups (broad SMARTS) is 1. The van der Waals surface area contributed by atoms with Gasteiger partial charge in [-0.2, -0.15) is 0 Å². The van der Waals surface area contributed by atoms with E-state index in [0.29, 0.717) is 18.1 Å². The van der Waals surface area contributed by atoms with E-state index in [9.17, 15) is 9.90 Å². The Balaban J connectivity index is 2.66. The zero-order chi connectivity index (χ0) is 15.6. The van der Waals surface area contributed by atoms with Crippen LogP contribution in [0.5, 0.6) is 0 Å². The van der Waals surface area contributed by atoms with Gasteiger partial charge in [0.15, 0.2) is 5.76 Å². The minimum Gasteiger partial charge on any atom is -0.477 e. The van der Waals surface area contributed by atoms with E-state index in [-0.39, 0.29) is 5.56 Å². The van der Waals surface area contributed by atoms with Gasteiger partial charge < -0.3 is 14.4 Å². The highest BCUT2D eigenvalue weighted by atomic mass is 16.5. The van der Waals surface area contributed by atoms with Crippen molar-refractivity contribution in [3.05, 3.63) is 41.2 Å². The van der Waals surface area contributed by atoms with Crippen LogP contribution in [0.4, 0.5) is 0 Å². The number of carboxylic acids is 1. The molecule has 1 aromatic heterocycles. The van der Waals surface area contributed by atoms with Crippen LogP contribution in [0.25, 0.3) is 11.3 Å². The van der Waals surface area contributed by atoms with Crippen molar-refractivity contribution in [2.45, 2.75) is 32.8 Å². The zero-order valence-corrected chi connectivity index (χ0v) is 12.6. The van der Waals surface area contributed by atoms with Crippen LogP contribution >= 0.6 is 0 Å². The number of nitrogens with zero attached hydrogens (tertiary/aromatic N) is 1. The molecule has 2 aromatic rings. The highest BCUT2D eigenvalue weighted by Gasteiger charge is 2.31. The van der Waals surface area contributed by atoms with Crippen LogP contribution in [0, 0.1) is 0 Å². The molecule has 0 aliphatic carbocycles. The Bertz CT molecular complexity index is 653. The Labute approximate surface area is 123 Å². The van der Waals surface area contributed by atoms with Crippen molar-refractivity contribution in [3.8, 4) is 11.3 Å². The molecule has 5 nitrogen and oxygen atoms in total. The van der Waals surface area contributed by atoms with Crippen LogP contribution in [0.15, 0.2) is 28.8 Å². The molecule has 0 saturated carbocycles. The van der Waals surface area contributed by atoms with Crippen LogP contribution < -0.4 is 0 Å². The molecule has 0 bridgehead atoms. The topological polar surface area (TPSA) is 72.6 Å². The minimum absolute atomic E-state index is 0.117. The van der Waals surface area contributed by atoms with Gasteiger partial charge in [-0.15, -0.1) is 0 Å². The van der Waals surface area contributed by atoms with E-state index < -0.39 is 11.4 Å². The summed E-state index contributed by atoms with van der Waals surface area (Å²) in [6.45, 7) is 6.06. The standard InChI is InChI=1S/C16H19NO4/c1-16(2,3)14-12(15(18)19)13(17-21-14)11-8-6-5-7-10(11)9-20-4/h5-8H,9H2,1-4H3,(H,18,19). The molecule has 2 rings (SSSR count). The first-order valence-corrected chi connectivity index (χ1v) is 6.67. The lowest BCUT2D eigenvalue weighted by atomic mass is 9.88. The molecule has 0 aliphatic heterocycles. The monoisotopic (exact) mass is 289 g/mol. The number of aromatic carboxylic acids is 1. The van der Waals surface area contributed by atoms with E-state index >= 15 is 0 Å². The molecule has 1 N–H and O–H groups in total. The van der Waals surface area contributed by atoms with Gasteiger partial charge in [0.2, 0.25) is 0 Å². The number of rotatable bonds is 4. The van der Waals surface area contributed by atoms with Crippen molar-refractivity contribution in [1.82, 2.24) is 5.16 Å². The summed E-state index contributed by atoms with van der Waals surface area (Å²) in [5.74, 6) is -0.666. The van der Waals surface area contributed by atoms with Gasteiger partial charge in [0.05, 0.1) is 6.61 Å². The second-order valence-electron chi connectivity index (χ2n) is 5.88. The average Bonchev–Trinajstić information content (AvgIpc) is 2.84. The Morgan fingerprint density at radius 3 is 2.57 bits per heavy atom. The summed E-state index contributed by atoms with van der Waals surface area (Å²) >= 11 is 0. The largest absolute Gasteiger partial charge is 0.477 e. The van der Waals surface area contributed by atoms with Gasteiger partial charge in [0.25, 0.3) is 0 Å². The van der Waals surface area contributed by atoms with E-state index in [1.165, 1.54) is 0 Å². The molecule has 1 aromatic carbocycles. The molecule has 21 heavy (non-hydrogen) atoms. The molecule has 0 radical (unpaired) electrons. The third kappa shape index (κ3) is 2.97.